The van der Waals surface area contributed by atoms with Gasteiger partial charge >= 0.3 is 0 Å². The van der Waals surface area contributed by atoms with E-state index in [0.29, 0.717) is 12.2 Å². The van der Waals surface area contributed by atoms with Crippen molar-refractivity contribution in [3.63, 3.8) is 0 Å². The summed E-state index contributed by atoms with van der Waals surface area (Å²) in [6, 6.07) is 9.70. The van der Waals surface area contributed by atoms with E-state index in [1.54, 1.807) is 18.2 Å². The SMILES string of the molecule is Cc1ccc(O)c(CN(C)c2cccc(F)c2)n1. The van der Waals surface area contributed by atoms with Gasteiger partial charge in [-0.2, -0.15) is 0 Å². The molecule has 2 rings (SSSR count). The van der Waals surface area contributed by atoms with Crippen LogP contribution in [0.4, 0.5) is 10.1 Å². The molecule has 1 N–H and O–H groups in total. The molecule has 4 heteroatoms. The summed E-state index contributed by atoms with van der Waals surface area (Å²) in [5, 5.41) is 9.72. The Kier molecular flexibility index (Phi) is 3.46. The highest BCUT2D eigenvalue weighted by atomic mass is 19.1. The predicted octanol–water partition coefficient (Wildman–Crippen LogP) is 2.87. The molecule has 0 bridgehead atoms. The van der Waals surface area contributed by atoms with Crippen molar-refractivity contribution in [2.45, 2.75) is 13.5 Å². The summed E-state index contributed by atoms with van der Waals surface area (Å²) in [5.41, 5.74) is 2.18. The van der Waals surface area contributed by atoms with Gasteiger partial charge in [0.15, 0.2) is 0 Å². The van der Waals surface area contributed by atoms with Crippen LogP contribution >= 0.6 is 0 Å². The van der Waals surface area contributed by atoms with Gasteiger partial charge < -0.3 is 10.0 Å². The molecule has 0 atom stereocenters. The fraction of sp³-hybridized carbons (Fsp3) is 0.214. The topological polar surface area (TPSA) is 36.4 Å². The second-order valence-corrected chi connectivity index (χ2v) is 4.25. The van der Waals surface area contributed by atoms with Crippen LogP contribution in [-0.4, -0.2) is 17.1 Å². The highest BCUT2D eigenvalue weighted by Gasteiger charge is 2.08. The van der Waals surface area contributed by atoms with E-state index in [9.17, 15) is 9.50 Å². The molecule has 3 nitrogen and oxygen atoms in total. The summed E-state index contributed by atoms with van der Waals surface area (Å²) >= 11 is 0. The lowest BCUT2D eigenvalue weighted by Gasteiger charge is -2.19. The number of anilines is 1. The van der Waals surface area contributed by atoms with Gasteiger partial charge in [0, 0.05) is 18.4 Å². The molecular weight excluding hydrogens is 231 g/mol. The lowest BCUT2D eigenvalue weighted by atomic mass is 10.2. The van der Waals surface area contributed by atoms with E-state index in [0.717, 1.165) is 11.4 Å². The van der Waals surface area contributed by atoms with Gasteiger partial charge in [0.25, 0.3) is 0 Å². The first kappa shape index (κ1) is 12.4. The van der Waals surface area contributed by atoms with Crippen molar-refractivity contribution < 1.29 is 9.50 Å². The Morgan fingerprint density at radius 1 is 1.28 bits per heavy atom. The fourth-order valence-corrected chi connectivity index (χ4v) is 1.75. The van der Waals surface area contributed by atoms with Crippen LogP contribution in [0, 0.1) is 12.7 Å². The monoisotopic (exact) mass is 246 g/mol. The summed E-state index contributed by atoms with van der Waals surface area (Å²) < 4.78 is 13.1. The van der Waals surface area contributed by atoms with Crippen LogP contribution in [0.3, 0.4) is 0 Å². The van der Waals surface area contributed by atoms with Gasteiger partial charge in [0.1, 0.15) is 17.3 Å². The molecule has 0 aliphatic carbocycles. The Morgan fingerprint density at radius 3 is 2.78 bits per heavy atom. The first-order valence-corrected chi connectivity index (χ1v) is 5.68. The van der Waals surface area contributed by atoms with Crippen molar-refractivity contribution in [1.82, 2.24) is 4.98 Å². The Labute approximate surface area is 106 Å². The molecule has 0 saturated carbocycles. The predicted molar refractivity (Wildman–Crippen MR) is 69.1 cm³/mol. The molecule has 1 aromatic carbocycles. The highest BCUT2D eigenvalue weighted by molar-refractivity contribution is 5.46. The smallest absolute Gasteiger partial charge is 0.138 e. The lowest BCUT2D eigenvalue weighted by Crippen LogP contribution is -2.17. The Balaban J connectivity index is 2.21. The van der Waals surface area contributed by atoms with Gasteiger partial charge in [0.2, 0.25) is 0 Å². The number of hydrogen-bond donors (Lipinski definition) is 1. The second-order valence-electron chi connectivity index (χ2n) is 4.25. The molecular formula is C14H15FN2O. The van der Waals surface area contributed by atoms with Gasteiger partial charge in [-0.05, 0) is 37.3 Å². The third-order valence-electron chi connectivity index (χ3n) is 2.73. The number of aromatic hydroxyl groups is 1. The molecule has 1 heterocycles. The first-order valence-electron chi connectivity index (χ1n) is 5.68. The normalized spacial score (nSPS) is 10.4. The average Bonchev–Trinajstić information content (AvgIpc) is 2.34. The van der Waals surface area contributed by atoms with Crippen molar-refractivity contribution in [3.05, 3.63) is 53.6 Å². The standard InChI is InChI=1S/C14H15FN2O/c1-10-6-7-14(18)13(16-10)9-17(2)12-5-3-4-11(15)8-12/h3-8,18H,9H2,1-2H3. The molecule has 0 amide bonds. The van der Waals surface area contributed by atoms with Crippen LogP contribution in [0.15, 0.2) is 36.4 Å². The van der Waals surface area contributed by atoms with Crippen molar-refractivity contribution in [1.29, 1.82) is 0 Å². The molecule has 94 valence electrons. The van der Waals surface area contributed by atoms with Crippen molar-refractivity contribution >= 4 is 5.69 Å². The number of pyridine rings is 1. The summed E-state index contributed by atoms with van der Waals surface area (Å²) in [4.78, 5) is 6.11. The number of aromatic nitrogens is 1. The number of rotatable bonds is 3. The zero-order chi connectivity index (χ0) is 13.1. The van der Waals surface area contributed by atoms with Crippen LogP contribution in [0.25, 0.3) is 0 Å². The number of hydrogen-bond acceptors (Lipinski definition) is 3. The Hall–Kier alpha value is -2.10. The number of halogens is 1. The molecule has 0 aliphatic heterocycles. The summed E-state index contributed by atoms with van der Waals surface area (Å²) in [6.45, 7) is 2.29. The second kappa shape index (κ2) is 5.04. The third kappa shape index (κ3) is 2.77. The highest BCUT2D eigenvalue weighted by Crippen LogP contribution is 2.20. The minimum atomic E-state index is -0.277. The van der Waals surface area contributed by atoms with Gasteiger partial charge in [-0.3, -0.25) is 4.98 Å². The maximum absolute atomic E-state index is 13.1. The molecule has 0 spiro atoms. The fourth-order valence-electron chi connectivity index (χ4n) is 1.75. The van der Waals surface area contributed by atoms with Gasteiger partial charge in [-0.1, -0.05) is 6.07 Å². The van der Waals surface area contributed by atoms with Crippen molar-refractivity contribution in [2.75, 3.05) is 11.9 Å². The number of benzene rings is 1. The Morgan fingerprint density at radius 2 is 2.06 bits per heavy atom. The van der Waals surface area contributed by atoms with Crippen LogP contribution < -0.4 is 4.90 Å². The van der Waals surface area contributed by atoms with E-state index in [-0.39, 0.29) is 11.6 Å². The van der Waals surface area contributed by atoms with E-state index in [1.807, 2.05) is 24.9 Å². The minimum Gasteiger partial charge on any atom is -0.506 e. The molecule has 18 heavy (non-hydrogen) atoms. The van der Waals surface area contributed by atoms with Crippen molar-refractivity contribution in [3.8, 4) is 5.75 Å². The number of nitrogens with zero attached hydrogens (tertiary/aromatic N) is 2. The number of aryl methyl sites for hydroxylation is 1. The summed E-state index contributed by atoms with van der Waals surface area (Å²) in [7, 11) is 1.83. The van der Waals surface area contributed by atoms with Crippen LogP contribution in [0.2, 0.25) is 0 Å². The molecule has 1 aromatic heterocycles. The van der Waals surface area contributed by atoms with Crippen molar-refractivity contribution in [2.24, 2.45) is 0 Å². The molecule has 0 unspecified atom stereocenters. The van der Waals surface area contributed by atoms with Crippen LogP contribution in [-0.2, 0) is 6.54 Å². The van der Waals surface area contributed by atoms with Crippen LogP contribution in [0.1, 0.15) is 11.4 Å². The molecule has 0 aliphatic rings. The third-order valence-corrected chi connectivity index (χ3v) is 2.73. The summed E-state index contributed by atoms with van der Waals surface area (Å²) in [5.74, 6) is -0.121. The summed E-state index contributed by atoms with van der Waals surface area (Å²) in [6.07, 6.45) is 0. The molecule has 0 saturated heterocycles. The zero-order valence-corrected chi connectivity index (χ0v) is 10.4. The van der Waals surface area contributed by atoms with Gasteiger partial charge in [-0.25, -0.2) is 4.39 Å². The maximum Gasteiger partial charge on any atom is 0.138 e. The Bertz CT molecular complexity index is 557. The average molecular weight is 246 g/mol. The van der Waals surface area contributed by atoms with E-state index < -0.39 is 0 Å². The van der Waals surface area contributed by atoms with Gasteiger partial charge in [0.05, 0.1) is 6.54 Å². The first-order chi connectivity index (χ1) is 8.56. The molecule has 2 aromatic rings. The largest absolute Gasteiger partial charge is 0.506 e. The molecule has 0 fully saturated rings. The van der Waals surface area contributed by atoms with Gasteiger partial charge in [-0.15, -0.1) is 0 Å². The quantitative estimate of drug-likeness (QED) is 0.904. The molecule has 0 radical (unpaired) electrons. The van der Waals surface area contributed by atoms with E-state index in [4.69, 9.17) is 0 Å². The van der Waals surface area contributed by atoms with Crippen LogP contribution in [0.5, 0.6) is 5.75 Å². The van der Waals surface area contributed by atoms with E-state index in [1.165, 1.54) is 12.1 Å². The minimum absolute atomic E-state index is 0.156. The zero-order valence-electron chi connectivity index (χ0n) is 10.4. The lowest BCUT2D eigenvalue weighted by molar-refractivity contribution is 0.463. The van der Waals surface area contributed by atoms with E-state index in [2.05, 4.69) is 4.98 Å². The maximum atomic E-state index is 13.1. The van der Waals surface area contributed by atoms with E-state index >= 15 is 0 Å².